The molecule has 3 N–H and O–H groups in total. The molecule has 0 aliphatic heterocycles. The summed E-state index contributed by atoms with van der Waals surface area (Å²) < 4.78 is 6.93. The first kappa shape index (κ1) is 19.2. The highest BCUT2D eigenvalue weighted by molar-refractivity contribution is 14.0. The predicted octanol–water partition coefficient (Wildman–Crippen LogP) is 1.14. The molecule has 0 saturated heterocycles. The number of guanidine groups is 1. The highest BCUT2D eigenvalue weighted by Gasteiger charge is 2.08. The number of aryl methyl sites for hydroxylation is 2. The summed E-state index contributed by atoms with van der Waals surface area (Å²) in [5.41, 5.74) is 9.32. The highest BCUT2D eigenvalue weighted by Crippen LogP contribution is 2.12. The Morgan fingerprint density at radius 1 is 1.50 bits per heavy atom. The second-order valence-electron chi connectivity index (χ2n) is 4.79. The average molecular weight is 395 g/mol. The van der Waals surface area contributed by atoms with Crippen LogP contribution in [0.15, 0.2) is 4.99 Å². The van der Waals surface area contributed by atoms with Gasteiger partial charge in [0.2, 0.25) is 0 Å². The van der Waals surface area contributed by atoms with Gasteiger partial charge in [0.25, 0.3) is 0 Å². The maximum Gasteiger partial charge on any atom is 0.188 e. The van der Waals surface area contributed by atoms with E-state index < -0.39 is 0 Å². The minimum atomic E-state index is 0. The van der Waals surface area contributed by atoms with Gasteiger partial charge in [0.1, 0.15) is 0 Å². The molecule has 0 aliphatic carbocycles. The third kappa shape index (κ3) is 5.66. The molecule has 0 bridgehead atoms. The van der Waals surface area contributed by atoms with Gasteiger partial charge >= 0.3 is 0 Å². The van der Waals surface area contributed by atoms with Gasteiger partial charge in [-0.05, 0) is 32.8 Å². The van der Waals surface area contributed by atoms with Gasteiger partial charge in [0.05, 0.1) is 12.3 Å². The van der Waals surface area contributed by atoms with E-state index in [4.69, 9.17) is 10.5 Å². The predicted molar refractivity (Wildman–Crippen MR) is 92.8 cm³/mol. The Bertz CT molecular complexity index is 444. The summed E-state index contributed by atoms with van der Waals surface area (Å²) in [5, 5.41) is 7.47. The first-order chi connectivity index (χ1) is 8.95. The van der Waals surface area contributed by atoms with Crippen LogP contribution in [-0.2, 0) is 18.2 Å². The van der Waals surface area contributed by atoms with Gasteiger partial charge in [-0.15, -0.1) is 24.0 Å². The van der Waals surface area contributed by atoms with Gasteiger partial charge in [-0.2, -0.15) is 5.10 Å². The third-order valence-electron chi connectivity index (χ3n) is 3.11. The number of methoxy groups -OCH3 is 1. The molecule has 1 heterocycles. The lowest BCUT2D eigenvalue weighted by Crippen LogP contribution is -2.40. The summed E-state index contributed by atoms with van der Waals surface area (Å²) >= 11 is 0. The second kappa shape index (κ2) is 9.17. The molecule has 1 aromatic heterocycles. The van der Waals surface area contributed by atoms with Gasteiger partial charge < -0.3 is 15.8 Å². The zero-order valence-corrected chi connectivity index (χ0v) is 15.3. The monoisotopic (exact) mass is 395 g/mol. The molecule has 6 nitrogen and oxygen atoms in total. The quantitative estimate of drug-likeness (QED) is 0.430. The Kier molecular flexibility index (Phi) is 8.79. The Labute approximate surface area is 138 Å². The maximum absolute atomic E-state index is 5.81. The second-order valence-corrected chi connectivity index (χ2v) is 4.79. The van der Waals surface area contributed by atoms with Crippen molar-refractivity contribution in [2.24, 2.45) is 17.8 Å². The number of ether oxygens (including phenoxy) is 1. The standard InChI is InChI=1S/C13H25N5O.HI/c1-9(8-19-5)16-13(14)15-7-6-12-10(2)17-18(4)11(12)3;/h9H,6-8H2,1-5H3,(H3,14,15,16);1H. The number of hydrogen-bond acceptors (Lipinski definition) is 3. The summed E-state index contributed by atoms with van der Waals surface area (Å²) in [6.45, 7) is 7.36. The minimum absolute atomic E-state index is 0. The molecule has 1 rings (SSSR count). The molecule has 0 amide bonds. The van der Waals surface area contributed by atoms with E-state index in [1.807, 2.05) is 25.6 Å². The normalized spacial score (nSPS) is 12.9. The first-order valence-corrected chi connectivity index (χ1v) is 6.50. The van der Waals surface area contributed by atoms with Crippen molar-refractivity contribution in [1.29, 1.82) is 0 Å². The molecule has 116 valence electrons. The topological polar surface area (TPSA) is 77.5 Å². The Morgan fingerprint density at radius 3 is 2.65 bits per heavy atom. The fraction of sp³-hybridized carbons (Fsp3) is 0.692. The molecule has 0 aliphatic rings. The maximum atomic E-state index is 5.81. The van der Waals surface area contributed by atoms with E-state index in [-0.39, 0.29) is 30.0 Å². The van der Waals surface area contributed by atoms with E-state index in [9.17, 15) is 0 Å². The van der Waals surface area contributed by atoms with Crippen molar-refractivity contribution >= 4 is 29.9 Å². The lowest BCUT2D eigenvalue weighted by molar-refractivity contribution is 0.179. The third-order valence-corrected chi connectivity index (χ3v) is 3.11. The van der Waals surface area contributed by atoms with Crippen molar-refractivity contribution in [3.05, 3.63) is 17.0 Å². The van der Waals surface area contributed by atoms with Crippen LogP contribution in [0.3, 0.4) is 0 Å². The van der Waals surface area contributed by atoms with Crippen molar-refractivity contribution in [2.75, 3.05) is 20.3 Å². The molecule has 1 aromatic rings. The van der Waals surface area contributed by atoms with Crippen LogP contribution >= 0.6 is 24.0 Å². The average Bonchev–Trinajstić information content (AvgIpc) is 2.55. The van der Waals surface area contributed by atoms with Crippen LogP contribution < -0.4 is 11.1 Å². The van der Waals surface area contributed by atoms with Gasteiger partial charge in [0, 0.05) is 32.4 Å². The van der Waals surface area contributed by atoms with Crippen molar-refractivity contribution in [3.8, 4) is 0 Å². The van der Waals surface area contributed by atoms with E-state index in [1.54, 1.807) is 7.11 Å². The summed E-state index contributed by atoms with van der Waals surface area (Å²) in [5.74, 6) is 0.462. The summed E-state index contributed by atoms with van der Waals surface area (Å²) in [4.78, 5) is 4.32. The molecule has 0 spiro atoms. The van der Waals surface area contributed by atoms with E-state index in [0.29, 0.717) is 19.1 Å². The summed E-state index contributed by atoms with van der Waals surface area (Å²) in [6.07, 6.45) is 0.854. The van der Waals surface area contributed by atoms with Crippen molar-refractivity contribution in [3.63, 3.8) is 0 Å². The Morgan fingerprint density at radius 2 is 2.15 bits per heavy atom. The fourth-order valence-corrected chi connectivity index (χ4v) is 2.06. The zero-order valence-electron chi connectivity index (χ0n) is 12.9. The van der Waals surface area contributed by atoms with Gasteiger partial charge in [-0.3, -0.25) is 9.67 Å². The molecule has 0 aromatic carbocycles. The number of aliphatic imine (C=N–C) groups is 1. The molecule has 7 heteroatoms. The molecular weight excluding hydrogens is 369 g/mol. The lowest BCUT2D eigenvalue weighted by atomic mass is 10.1. The highest BCUT2D eigenvalue weighted by atomic mass is 127. The number of halogens is 1. The van der Waals surface area contributed by atoms with Crippen LogP contribution in [0.2, 0.25) is 0 Å². The molecule has 1 unspecified atom stereocenters. The largest absolute Gasteiger partial charge is 0.383 e. The molecular formula is C13H26IN5O. The van der Waals surface area contributed by atoms with Gasteiger partial charge in [-0.1, -0.05) is 0 Å². The van der Waals surface area contributed by atoms with Gasteiger partial charge in [-0.25, -0.2) is 0 Å². The van der Waals surface area contributed by atoms with E-state index >= 15 is 0 Å². The lowest BCUT2D eigenvalue weighted by Gasteiger charge is -2.13. The number of nitrogens with one attached hydrogen (secondary N) is 1. The van der Waals surface area contributed by atoms with Crippen LogP contribution in [0.4, 0.5) is 0 Å². The SMILES string of the molecule is COCC(C)NC(N)=NCCc1c(C)nn(C)c1C.I. The molecule has 20 heavy (non-hydrogen) atoms. The number of rotatable bonds is 6. The van der Waals surface area contributed by atoms with Crippen LogP contribution in [0, 0.1) is 13.8 Å². The van der Waals surface area contributed by atoms with Crippen molar-refractivity contribution < 1.29 is 4.74 Å². The van der Waals surface area contributed by atoms with E-state index in [1.165, 1.54) is 11.3 Å². The Balaban J connectivity index is 0.00000361. The number of nitrogens with two attached hydrogens (primary N) is 1. The Hall–Kier alpha value is -0.830. The van der Waals surface area contributed by atoms with Crippen molar-refractivity contribution in [1.82, 2.24) is 15.1 Å². The summed E-state index contributed by atoms with van der Waals surface area (Å²) in [7, 11) is 3.62. The first-order valence-electron chi connectivity index (χ1n) is 6.50. The smallest absolute Gasteiger partial charge is 0.188 e. The van der Waals surface area contributed by atoms with Crippen LogP contribution in [0.5, 0.6) is 0 Å². The fourth-order valence-electron chi connectivity index (χ4n) is 2.06. The molecule has 0 saturated carbocycles. The van der Waals surface area contributed by atoms with E-state index in [2.05, 4.69) is 22.3 Å². The number of aromatic nitrogens is 2. The number of hydrogen-bond donors (Lipinski definition) is 2. The zero-order chi connectivity index (χ0) is 14.4. The van der Waals surface area contributed by atoms with Crippen molar-refractivity contribution in [2.45, 2.75) is 33.2 Å². The van der Waals surface area contributed by atoms with Crippen LogP contribution in [-0.4, -0.2) is 42.0 Å². The van der Waals surface area contributed by atoms with E-state index in [0.717, 1.165) is 12.1 Å². The van der Waals surface area contributed by atoms with Crippen LogP contribution in [0.25, 0.3) is 0 Å². The molecule has 1 atom stereocenters. The number of nitrogens with zero attached hydrogens (tertiary/aromatic N) is 3. The van der Waals surface area contributed by atoms with Crippen LogP contribution in [0.1, 0.15) is 23.9 Å². The summed E-state index contributed by atoms with van der Waals surface area (Å²) in [6, 6.07) is 0.163. The van der Waals surface area contributed by atoms with Gasteiger partial charge in [0.15, 0.2) is 5.96 Å². The molecule has 0 fully saturated rings. The minimum Gasteiger partial charge on any atom is -0.383 e. The molecule has 0 radical (unpaired) electrons.